The van der Waals surface area contributed by atoms with Gasteiger partial charge in [-0.05, 0) is 0 Å². The van der Waals surface area contributed by atoms with Crippen molar-refractivity contribution in [2.75, 3.05) is 0 Å². The van der Waals surface area contributed by atoms with Crippen molar-refractivity contribution in [1.29, 1.82) is 0 Å². The van der Waals surface area contributed by atoms with E-state index in [0.717, 1.165) is 21.5 Å². The van der Waals surface area contributed by atoms with Crippen LogP contribution in [0.1, 0.15) is 16.7 Å². The molecule has 0 saturated heterocycles. The minimum atomic E-state index is -4.72. The molecule has 1 aliphatic rings. The standard InChI is InChI=1S/C34H25BrCl2F3OP/c35-42(29-10-4-1-5-11-29,30-12-6-2-7-13-30,31-14-8-3-9-15-31)23-24-16-17-32-25(18-24)22-33(41-32,34(38,39)40)26-19-27(36)21-28(37)20-26/h1-21H,22-23H2. The summed E-state index contributed by atoms with van der Waals surface area (Å²) in [5, 5.41) is 0.240. The molecular formula is C34H25BrCl2F3OP. The van der Waals surface area contributed by atoms with Crippen molar-refractivity contribution in [3.05, 3.63) is 154 Å². The summed E-state index contributed by atoms with van der Waals surface area (Å²) in [4.78, 5) is 0. The van der Waals surface area contributed by atoms with Crippen LogP contribution >= 0.6 is 44.0 Å². The fourth-order valence-corrected chi connectivity index (χ4v) is 14.2. The van der Waals surface area contributed by atoms with Gasteiger partial charge in [0.15, 0.2) is 0 Å². The summed E-state index contributed by atoms with van der Waals surface area (Å²) in [6.45, 7) is 0. The van der Waals surface area contributed by atoms with Gasteiger partial charge in [-0.1, -0.05) is 0 Å². The zero-order valence-corrected chi connectivity index (χ0v) is 26.2. The van der Waals surface area contributed by atoms with E-state index >= 15 is 0 Å². The van der Waals surface area contributed by atoms with Crippen LogP contribution in [0.2, 0.25) is 10.0 Å². The molecule has 1 atom stereocenters. The topological polar surface area (TPSA) is 9.23 Å². The van der Waals surface area contributed by atoms with Crippen LogP contribution in [0.5, 0.6) is 5.75 Å². The van der Waals surface area contributed by atoms with E-state index in [9.17, 15) is 13.2 Å². The molecule has 8 heteroatoms. The molecule has 0 spiro atoms. The molecule has 0 N–H and O–H groups in total. The van der Waals surface area contributed by atoms with Gasteiger partial charge in [0.05, 0.1) is 0 Å². The molecule has 42 heavy (non-hydrogen) atoms. The molecule has 0 aromatic heterocycles. The third kappa shape index (κ3) is 4.75. The van der Waals surface area contributed by atoms with Gasteiger partial charge in [-0.25, -0.2) is 0 Å². The van der Waals surface area contributed by atoms with E-state index in [1.54, 1.807) is 6.07 Å². The first-order chi connectivity index (χ1) is 20.0. The SMILES string of the molecule is FC(F)(F)C1(c2cc(Cl)cc(Cl)c2)Cc2cc(CP(Br)(c3ccccc3)(c3ccccc3)c3ccccc3)ccc2O1. The Balaban J connectivity index is 1.52. The van der Waals surface area contributed by atoms with E-state index < -0.39 is 23.5 Å². The van der Waals surface area contributed by atoms with Crippen molar-refractivity contribution in [3.63, 3.8) is 0 Å². The molecule has 0 radical (unpaired) electrons. The average molecular weight is 688 g/mol. The minimum absolute atomic E-state index is 0.117. The number of halogens is 6. The van der Waals surface area contributed by atoms with Gasteiger partial charge in [0, 0.05) is 0 Å². The average Bonchev–Trinajstić information content (AvgIpc) is 3.39. The van der Waals surface area contributed by atoms with E-state index in [4.69, 9.17) is 27.9 Å². The van der Waals surface area contributed by atoms with Crippen LogP contribution in [0, 0.1) is 0 Å². The summed E-state index contributed by atoms with van der Waals surface area (Å²) < 4.78 is 50.2. The quantitative estimate of drug-likeness (QED) is 0.162. The second kappa shape index (κ2) is 10.7. The van der Waals surface area contributed by atoms with Gasteiger partial charge in [0.2, 0.25) is 0 Å². The molecule has 1 aliphatic heterocycles. The Morgan fingerprint density at radius 3 is 1.62 bits per heavy atom. The van der Waals surface area contributed by atoms with E-state index in [1.807, 2.05) is 66.7 Å². The maximum atomic E-state index is 14.8. The van der Waals surface area contributed by atoms with Crippen LogP contribution in [-0.2, 0) is 18.2 Å². The van der Waals surface area contributed by atoms with E-state index in [0.29, 0.717) is 11.7 Å². The van der Waals surface area contributed by atoms with E-state index in [2.05, 4.69) is 51.9 Å². The Morgan fingerprint density at radius 1 is 0.690 bits per heavy atom. The zero-order chi connectivity index (χ0) is 29.6. The van der Waals surface area contributed by atoms with Crippen molar-refractivity contribution in [3.8, 4) is 5.75 Å². The monoisotopic (exact) mass is 686 g/mol. The van der Waals surface area contributed by atoms with Gasteiger partial charge in [-0.3, -0.25) is 0 Å². The molecule has 0 saturated carbocycles. The molecule has 5 aromatic rings. The van der Waals surface area contributed by atoms with Crippen LogP contribution in [0.3, 0.4) is 0 Å². The number of alkyl halides is 3. The van der Waals surface area contributed by atoms with Crippen LogP contribution < -0.4 is 20.7 Å². The predicted molar refractivity (Wildman–Crippen MR) is 173 cm³/mol. The summed E-state index contributed by atoms with van der Waals surface area (Å²) in [6.07, 6.45) is -4.57. The molecule has 0 fully saturated rings. The Kier molecular flexibility index (Phi) is 7.47. The van der Waals surface area contributed by atoms with Crippen molar-refractivity contribution in [1.82, 2.24) is 0 Å². The number of rotatable bonds is 6. The molecule has 1 heterocycles. The van der Waals surface area contributed by atoms with Crippen molar-refractivity contribution >= 4 is 59.9 Å². The van der Waals surface area contributed by atoms with Crippen LogP contribution in [0.15, 0.2) is 127 Å². The van der Waals surface area contributed by atoms with Crippen molar-refractivity contribution in [2.45, 2.75) is 24.4 Å². The van der Waals surface area contributed by atoms with Gasteiger partial charge >= 0.3 is 262 Å². The first kappa shape index (κ1) is 29.3. The zero-order valence-electron chi connectivity index (χ0n) is 22.2. The molecule has 1 nitrogen and oxygen atoms in total. The Hall–Kier alpha value is -2.82. The van der Waals surface area contributed by atoms with Gasteiger partial charge in [0.25, 0.3) is 0 Å². The van der Waals surface area contributed by atoms with Gasteiger partial charge in [0.1, 0.15) is 0 Å². The maximum absolute atomic E-state index is 14.8. The summed E-state index contributed by atoms with van der Waals surface area (Å²) in [5.41, 5.74) is -1.35. The molecule has 6 rings (SSSR count). The third-order valence-electron chi connectivity index (χ3n) is 8.00. The molecule has 0 amide bonds. The van der Waals surface area contributed by atoms with E-state index in [1.165, 1.54) is 18.2 Å². The molecule has 0 bridgehead atoms. The summed E-state index contributed by atoms with van der Waals surface area (Å²) in [7, 11) is 0. The second-order valence-electron chi connectivity index (χ2n) is 10.6. The Bertz CT molecular complexity index is 1630. The molecule has 0 aliphatic carbocycles. The number of fused-ring (bicyclic) bond motifs is 1. The number of ether oxygens (including phenoxy) is 1. The normalized spacial score (nSPS) is 17.6. The van der Waals surface area contributed by atoms with Gasteiger partial charge in [-0.2, -0.15) is 0 Å². The number of benzene rings is 5. The van der Waals surface area contributed by atoms with Crippen LogP contribution in [0.4, 0.5) is 13.2 Å². The van der Waals surface area contributed by atoms with E-state index in [-0.39, 0.29) is 21.4 Å². The van der Waals surface area contributed by atoms with Gasteiger partial charge in [-0.15, -0.1) is 0 Å². The van der Waals surface area contributed by atoms with Crippen molar-refractivity contribution in [2.24, 2.45) is 0 Å². The Labute approximate surface area is 260 Å². The van der Waals surface area contributed by atoms with Crippen LogP contribution in [-0.4, -0.2) is 6.18 Å². The second-order valence-corrected chi connectivity index (χ2v) is 20.4. The van der Waals surface area contributed by atoms with Crippen LogP contribution in [0.25, 0.3) is 0 Å². The Morgan fingerprint density at radius 2 is 1.17 bits per heavy atom. The summed E-state index contributed by atoms with van der Waals surface area (Å²) >= 11 is 16.7. The fraction of sp³-hybridized carbons (Fsp3) is 0.118. The molecule has 5 aromatic carbocycles. The number of hydrogen-bond acceptors (Lipinski definition) is 1. The third-order valence-corrected chi connectivity index (χ3v) is 18.0. The summed E-state index contributed by atoms with van der Waals surface area (Å²) in [6, 6.07) is 40.2. The predicted octanol–water partition coefficient (Wildman–Crippen LogP) is 9.73. The molecule has 214 valence electrons. The fourth-order valence-electron chi connectivity index (χ4n) is 6.01. The molecular weight excluding hydrogens is 663 g/mol. The first-order valence-corrected chi connectivity index (χ1v) is 18.5. The molecule has 1 unspecified atom stereocenters. The van der Waals surface area contributed by atoms with Crippen molar-refractivity contribution < 1.29 is 17.9 Å². The van der Waals surface area contributed by atoms with Gasteiger partial charge < -0.3 is 0 Å². The first-order valence-electron chi connectivity index (χ1n) is 13.3. The summed E-state index contributed by atoms with van der Waals surface area (Å²) in [5.74, 6) is 0.196. The number of hydrogen-bond donors (Lipinski definition) is 0.